The van der Waals surface area contributed by atoms with Gasteiger partial charge in [0.25, 0.3) is 0 Å². The Morgan fingerprint density at radius 2 is 1.86 bits per heavy atom. The van der Waals surface area contributed by atoms with Gasteiger partial charge in [-0.15, -0.1) is 0 Å². The van der Waals surface area contributed by atoms with E-state index in [4.69, 9.17) is 10.7 Å². The predicted molar refractivity (Wildman–Crippen MR) is 53.8 cm³/mol. The molecule has 0 saturated carbocycles. The number of ether oxygens (including phenoxy) is 2. The summed E-state index contributed by atoms with van der Waals surface area (Å²) in [6.07, 6.45) is -0.652. The molecule has 0 aromatic heterocycles. The van der Waals surface area contributed by atoms with Gasteiger partial charge >= 0.3 is 12.1 Å². The number of carbonyl (C=O) groups is 2. The van der Waals surface area contributed by atoms with Crippen LogP contribution in [0.25, 0.3) is 0 Å². The molecule has 1 amide bonds. The number of carbonyl (C=O) groups excluding carboxylic acids is 2. The van der Waals surface area contributed by atoms with Crippen molar-refractivity contribution in [2.45, 2.75) is 13.8 Å². The van der Waals surface area contributed by atoms with E-state index in [0.29, 0.717) is 11.2 Å². The zero-order chi connectivity index (χ0) is 11.0. The van der Waals surface area contributed by atoms with Crippen LogP contribution in [-0.2, 0) is 14.3 Å². The minimum Gasteiger partial charge on any atom is -0.465 e. The Bertz CT molecular complexity index is 202. The minimum absolute atomic E-state index is 0.221. The van der Waals surface area contributed by atoms with Gasteiger partial charge in [-0.3, -0.25) is 4.79 Å². The van der Waals surface area contributed by atoms with Crippen molar-refractivity contribution in [2.75, 3.05) is 19.8 Å². The smallest absolute Gasteiger partial charge is 0.421 e. The summed E-state index contributed by atoms with van der Waals surface area (Å²) in [7, 11) is 5.38. The first-order valence-corrected chi connectivity index (χ1v) is 5.64. The third kappa shape index (κ3) is 5.18. The minimum atomic E-state index is -0.652. The maximum atomic E-state index is 11.1. The number of hydrogen-bond acceptors (Lipinski definition) is 5. The van der Waals surface area contributed by atoms with Crippen LogP contribution in [0.4, 0.5) is 4.79 Å². The molecule has 0 rings (SSSR count). The van der Waals surface area contributed by atoms with E-state index in [1.54, 1.807) is 13.8 Å². The van der Waals surface area contributed by atoms with E-state index in [1.807, 2.05) is 0 Å². The van der Waals surface area contributed by atoms with Crippen molar-refractivity contribution in [3.05, 3.63) is 0 Å². The highest BCUT2D eigenvalue weighted by molar-refractivity contribution is 8.19. The van der Waals surface area contributed by atoms with Gasteiger partial charge in [0.1, 0.15) is 6.54 Å². The van der Waals surface area contributed by atoms with Gasteiger partial charge in [-0.05, 0) is 24.5 Å². The van der Waals surface area contributed by atoms with E-state index in [-0.39, 0.29) is 19.8 Å². The average molecular weight is 242 g/mol. The zero-order valence-corrected chi connectivity index (χ0v) is 9.56. The van der Waals surface area contributed by atoms with Gasteiger partial charge in [0.15, 0.2) is 0 Å². The molecule has 0 bridgehead atoms. The van der Waals surface area contributed by atoms with Gasteiger partial charge in [0.2, 0.25) is 0 Å². The molecule has 0 aliphatic carbocycles. The van der Waals surface area contributed by atoms with Crippen LogP contribution in [0.15, 0.2) is 0 Å². The Balaban J connectivity index is 4.01. The maximum Gasteiger partial charge on any atom is 0.421 e. The van der Waals surface area contributed by atoms with E-state index in [1.165, 1.54) is 0 Å². The molecule has 7 heteroatoms. The lowest BCUT2D eigenvalue weighted by Gasteiger charge is -2.15. The first-order valence-electron chi connectivity index (χ1n) is 4.04. The number of nitrogens with zero attached hydrogens (tertiary/aromatic N) is 1. The lowest BCUT2D eigenvalue weighted by Crippen LogP contribution is -2.30. The van der Waals surface area contributed by atoms with Gasteiger partial charge in [0.05, 0.1) is 24.4 Å². The highest BCUT2D eigenvalue weighted by Gasteiger charge is 2.18. The van der Waals surface area contributed by atoms with Gasteiger partial charge in [-0.2, -0.15) is 0 Å². The van der Waals surface area contributed by atoms with E-state index in [2.05, 4.69) is 9.47 Å². The van der Waals surface area contributed by atoms with Gasteiger partial charge in [0, 0.05) is 0 Å². The predicted octanol–water partition coefficient (Wildman–Crippen LogP) is 1.81. The fourth-order valence-electron chi connectivity index (χ4n) is 0.636. The van der Waals surface area contributed by atoms with E-state index < -0.39 is 12.1 Å². The quantitative estimate of drug-likeness (QED) is 0.543. The second kappa shape index (κ2) is 7.75. The summed E-state index contributed by atoms with van der Waals surface area (Å²) in [5.74, 6) is -0.520. The number of amides is 1. The Kier molecular flexibility index (Phi) is 7.41. The van der Waals surface area contributed by atoms with Crippen LogP contribution in [0.2, 0.25) is 0 Å². The summed E-state index contributed by atoms with van der Waals surface area (Å²) in [6, 6.07) is 0. The standard InChI is InChI=1S/C7H12ClNO4S/c1-3-12-6(10)5-9(14-8)7(11)13-4-2/h3-5H2,1-2H3. The molecule has 0 aliphatic rings. The molecule has 0 saturated heterocycles. The zero-order valence-electron chi connectivity index (χ0n) is 7.99. The molecular formula is C7H12ClNO4S. The van der Waals surface area contributed by atoms with Crippen molar-refractivity contribution < 1.29 is 19.1 Å². The molecular weight excluding hydrogens is 230 g/mol. The Morgan fingerprint density at radius 3 is 2.29 bits per heavy atom. The monoisotopic (exact) mass is 241 g/mol. The molecule has 82 valence electrons. The van der Waals surface area contributed by atoms with Crippen molar-refractivity contribution >= 4 is 33.9 Å². The number of rotatable bonds is 5. The second-order valence-electron chi connectivity index (χ2n) is 2.11. The molecule has 14 heavy (non-hydrogen) atoms. The normalized spacial score (nSPS) is 9.36. The Morgan fingerprint density at radius 1 is 1.29 bits per heavy atom. The van der Waals surface area contributed by atoms with Crippen molar-refractivity contribution in [3.63, 3.8) is 0 Å². The third-order valence-electron chi connectivity index (χ3n) is 1.13. The van der Waals surface area contributed by atoms with Crippen molar-refractivity contribution in [1.82, 2.24) is 4.31 Å². The summed E-state index contributed by atoms with van der Waals surface area (Å²) >= 11 is 0.602. The van der Waals surface area contributed by atoms with E-state index in [0.717, 1.165) is 4.31 Å². The van der Waals surface area contributed by atoms with Crippen molar-refractivity contribution in [1.29, 1.82) is 0 Å². The molecule has 0 N–H and O–H groups in total. The maximum absolute atomic E-state index is 11.1. The topological polar surface area (TPSA) is 55.8 Å². The summed E-state index contributed by atoms with van der Waals surface area (Å²) in [5, 5.41) is 0. The highest BCUT2D eigenvalue weighted by atomic mass is 35.7. The molecule has 0 atom stereocenters. The summed E-state index contributed by atoms with van der Waals surface area (Å²) in [5.41, 5.74) is 0. The lowest BCUT2D eigenvalue weighted by molar-refractivity contribution is -0.142. The molecule has 0 radical (unpaired) electrons. The van der Waals surface area contributed by atoms with Crippen LogP contribution in [-0.4, -0.2) is 36.1 Å². The van der Waals surface area contributed by atoms with Crippen molar-refractivity contribution in [3.8, 4) is 0 Å². The molecule has 0 aliphatic heterocycles. The number of esters is 1. The van der Waals surface area contributed by atoms with E-state index in [9.17, 15) is 9.59 Å². The SMILES string of the molecule is CCOC(=O)CN(SCl)C(=O)OCC. The first-order chi connectivity index (χ1) is 6.65. The Labute approximate surface area is 91.3 Å². The molecule has 0 aromatic carbocycles. The van der Waals surface area contributed by atoms with E-state index >= 15 is 0 Å². The molecule has 0 spiro atoms. The van der Waals surface area contributed by atoms with Gasteiger partial charge in [-0.25, -0.2) is 9.10 Å². The molecule has 0 aromatic rings. The molecule has 0 unspecified atom stereocenters. The first kappa shape index (κ1) is 13.4. The van der Waals surface area contributed by atoms with Gasteiger partial charge < -0.3 is 9.47 Å². The van der Waals surface area contributed by atoms with Gasteiger partial charge in [-0.1, -0.05) is 0 Å². The third-order valence-corrected chi connectivity index (χ3v) is 2.08. The Hall–Kier alpha value is -0.620. The fraction of sp³-hybridized carbons (Fsp3) is 0.714. The molecule has 5 nitrogen and oxygen atoms in total. The number of halogens is 1. The summed E-state index contributed by atoms with van der Waals surface area (Å²) in [6.45, 7) is 3.62. The summed E-state index contributed by atoms with van der Waals surface area (Å²) in [4.78, 5) is 22.1. The fourth-order valence-corrected chi connectivity index (χ4v) is 1.22. The van der Waals surface area contributed by atoms with Crippen molar-refractivity contribution in [2.24, 2.45) is 0 Å². The van der Waals surface area contributed by atoms with Crippen LogP contribution in [0.5, 0.6) is 0 Å². The highest BCUT2D eigenvalue weighted by Crippen LogP contribution is 2.15. The average Bonchev–Trinajstić information content (AvgIpc) is 2.15. The second-order valence-corrected chi connectivity index (χ2v) is 3.10. The van der Waals surface area contributed by atoms with Crippen LogP contribution in [0.1, 0.15) is 13.8 Å². The van der Waals surface area contributed by atoms with Crippen LogP contribution in [0, 0.1) is 0 Å². The van der Waals surface area contributed by atoms with Crippen LogP contribution in [0.3, 0.4) is 0 Å². The van der Waals surface area contributed by atoms with Crippen LogP contribution < -0.4 is 0 Å². The molecule has 0 fully saturated rings. The lowest BCUT2D eigenvalue weighted by atomic mass is 10.6. The largest absolute Gasteiger partial charge is 0.465 e. The summed E-state index contributed by atoms with van der Waals surface area (Å²) < 4.78 is 10.3. The van der Waals surface area contributed by atoms with Crippen LogP contribution >= 0.6 is 21.8 Å². The number of hydrogen-bond donors (Lipinski definition) is 0. The molecule has 0 heterocycles.